The Kier molecular flexibility index (Phi) is 29.3. The van der Waals surface area contributed by atoms with Crippen molar-refractivity contribution in [3.05, 3.63) is 185 Å². The van der Waals surface area contributed by atoms with Gasteiger partial charge in [-0.05, 0) is 259 Å². The number of rotatable bonds is 18. The summed E-state index contributed by atoms with van der Waals surface area (Å²) in [6, 6.07) is 37.9. The number of fused-ring (bicyclic) bond motifs is 6. The lowest BCUT2D eigenvalue weighted by Gasteiger charge is -2.15. The minimum absolute atomic E-state index is 0.391. The highest BCUT2D eigenvalue weighted by molar-refractivity contribution is 7.18. The van der Waals surface area contributed by atoms with Crippen LogP contribution in [0.2, 0.25) is 0 Å². The van der Waals surface area contributed by atoms with Crippen LogP contribution in [-0.2, 0) is 0 Å². The van der Waals surface area contributed by atoms with Crippen LogP contribution in [-0.4, -0.2) is 71.4 Å². The van der Waals surface area contributed by atoms with E-state index >= 15 is 0 Å². The number of thiophene rings is 2. The van der Waals surface area contributed by atoms with E-state index in [2.05, 4.69) is 335 Å². The molecule has 0 saturated heterocycles. The van der Waals surface area contributed by atoms with E-state index in [1.807, 2.05) is 53.5 Å². The molecule has 0 fully saturated rings. The summed E-state index contributed by atoms with van der Waals surface area (Å²) in [5, 5.41) is 40.5. The molecule has 0 radical (unpaired) electrons. The number of nitrogens with zero attached hydrogens (tertiary/aromatic N) is 7. The summed E-state index contributed by atoms with van der Waals surface area (Å²) in [7, 11) is 0. The van der Waals surface area contributed by atoms with Gasteiger partial charge in [-0.3, -0.25) is 15.0 Å². The Morgan fingerprint density at radius 2 is 0.700 bits per heavy atom. The molecule has 12 aromatic rings. The quantitative estimate of drug-likeness (QED) is 0.0482. The third kappa shape index (κ3) is 22.7. The van der Waals surface area contributed by atoms with E-state index in [4.69, 9.17) is 0 Å². The van der Waals surface area contributed by atoms with Gasteiger partial charge < -0.3 is 31.9 Å². The van der Waals surface area contributed by atoms with E-state index in [1.165, 1.54) is 70.3 Å². The third-order valence-electron chi connectivity index (χ3n) is 16.5. The lowest BCUT2D eigenvalue weighted by atomic mass is 9.99. The fraction of sp³-hybridized carbons (Fsp3) is 0.424. The molecule has 0 amide bonds. The summed E-state index contributed by atoms with van der Waals surface area (Å²) < 4.78 is 2.76. The lowest BCUT2D eigenvalue weighted by Crippen LogP contribution is -2.11. The van der Waals surface area contributed by atoms with E-state index in [-0.39, 0.29) is 0 Å². The van der Waals surface area contributed by atoms with Crippen LogP contribution in [0.5, 0.6) is 0 Å². The van der Waals surface area contributed by atoms with Crippen molar-refractivity contribution >= 4 is 121 Å². The molecule has 532 valence electrons. The Labute approximate surface area is 606 Å². The van der Waals surface area contributed by atoms with Crippen LogP contribution in [0.1, 0.15) is 235 Å². The summed E-state index contributed by atoms with van der Waals surface area (Å²) in [4.78, 5) is 21.7. The van der Waals surface area contributed by atoms with E-state index in [0.717, 1.165) is 61.0 Å². The molecule has 0 aliphatic rings. The fourth-order valence-corrected chi connectivity index (χ4v) is 13.0. The topological polar surface area (TPSA) is 162 Å². The standard InChI is InChI=1S/C15H20N2.3C14H19N3.2C14H19NS/c1-10(2)13-8-12-6-5-7-16-15(12)14(9-13)17-11(3)4;1-9(2)11-5-12-7-15-16-8-13(12)14(6-11)17-10(3)4;1-9(2)11-5-12-7-15-8-16-14(12)13(6-11)17-10(3)4;1-9(2)11-7-12-14(16-6-5-15-12)13(8-11)17-10(3)4;1-9(2)11-7-13(15-10(3)4)12-5-6-16-14(12)8-11;1-9(2)12-7-11-5-6-16-14(11)13(8-12)15-10(3)4/h5-11,17H,1-4H3;3*5-10,17H,1-4H3;2*5-10,15H,1-4H3. The molecule has 0 spiro atoms. The monoisotopic (exact) mass is 1380 g/mol. The van der Waals surface area contributed by atoms with Crippen molar-refractivity contribution in [3.8, 4) is 0 Å². The molecule has 13 nitrogen and oxygen atoms in total. The van der Waals surface area contributed by atoms with Crippen molar-refractivity contribution in [2.75, 3.05) is 31.9 Å². The van der Waals surface area contributed by atoms with E-state index in [0.29, 0.717) is 71.8 Å². The summed E-state index contributed by atoms with van der Waals surface area (Å²) in [6.07, 6.45) is 12.5. The molecule has 0 bridgehead atoms. The first-order valence-electron chi connectivity index (χ1n) is 36.2. The zero-order chi connectivity index (χ0) is 73.1. The molecule has 6 heterocycles. The van der Waals surface area contributed by atoms with Crippen LogP contribution < -0.4 is 31.9 Å². The number of benzene rings is 6. The second-order valence-corrected chi connectivity index (χ2v) is 31.6. The molecule has 0 aliphatic heterocycles. The van der Waals surface area contributed by atoms with Crippen molar-refractivity contribution in [3.63, 3.8) is 0 Å². The van der Waals surface area contributed by atoms with Crippen molar-refractivity contribution < 1.29 is 0 Å². The van der Waals surface area contributed by atoms with Crippen molar-refractivity contribution in [2.45, 2.75) is 238 Å². The van der Waals surface area contributed by atoms with Gasteiger partial charge in [0.2, 0.25) is 0 Å². The highest BCUT2D eigenvalue weighted by atomic mass is 32.1. The zero-order valence-electron chi connectivity index (χ0n) is 64.3. The molecule has 0 unspecified atom stereocenters. The molecule has 0 atom stereocenters. The van der Waals surface area contributed by atoms with Crippen LogP contribution in [0.4, 0.5) is 34.1 Å². The second kappa shape index (κ2) is 37.2. The molecular weight excluding hydrogens is 1270 g/mol. The number of pyridine rings is 1. The maximum atomic E-state index is 4.47. The molecule has 6 N–H and O–H groups in total. The van der Waals surface area contributed by atoms with Gasteiger partial charge in [0, 0.05) is 104 Å². The maximum absolute atomic E-state index is 4.47. The lowest BCUT2D eigenvalue weighted by molar-refractivity contribution is 0.863. The number of aromatic nitrogens is 7. The summed E-state index contributed by atoms with van der Waals surface area (Å²) >= 11 is 3.63. The van der Waals surface area contributed by atoms with Crippen molar-refractivity contribution in [2.24, 2.45) is 0 Å². The second-order valence-electron chi connectivity index (χ2n) is 29.8. The van der Waals surface area contributed by atoms with Crippen LogP contribution in [0.3, 0.4) is 0 Å². The van der Waals surface area contributed by atoms with E-state index < -0.39 is 0 Å². The summed E-state index contributed by atoms with van der Waals surface area (Å²) in [6.45, 7) is 52.4. The number of anilines is 6. The average molecular weight is 1380 g/mol. The molecule has 15 heteroatoms. The predicted molar refractivity (Wildman–Crippen MR) is 441 cm³/mol. The summed E-state index contributed by atoms with van der Waals surface area (Å²) in [5.41, 5.74) is 19.1. The maximum Gasteiger partial charge on any atom is 0.116 e. The number of hydrogen-bond acceptors (Lipinski definition) is 15. The average Bonchev–Trinajstić information content (AvgIpc) is 1.54. The first-order valence-corrected chi connectivity index (χ1v) is 37.9. The molecule has 6 aromatic carbocycles. The Hall–Kier alpha value is -8.53. The number of hydrogen-bond donors (Lipinski definition) is 6. The Morgan fingerprint density at radius 1 is 0.300 bits per heavy atom. The SMILES string of the molecule is CC(C)Nc1cc(C(C)C)cc2cccnc12.CC(C)Nc1cc(C(C)C)cc2ccsc12.CC(C)Nc1cc(C(C)C)cc2cncnc12.CC(C)Nc1cc(C(C)C)cc2cnncc12.CC(C)Nc1cc(C(C)C)cc2nccnc12.CC(C)Nc1cc(C(C)C)cc2sccc12. The van der Waals surface area contributed by atoms with Gasteiger partial charge in [-0.15, -0.1) is 22.7 Å². The van der Waals surface area contributed by atoms with Gasteiger partial charge in [-0.25, -0.2) is 9.97 Å². The van der Waals surface area contributed by atoms with Crippen LogP contribution >= 0.6 is 22.7 Å². The zero-order valence-corrected chi connectivity index (χ0v) is 65.9. The highest BCUT2D eigenvalue weighted by Crippen LogP contribution is 2.36. The van der Waals surface area contributed by atoms with Crippen LogP contribution in [0.25, 0.3) is 63.8 Å². The van der Waals surface area contributed by atoms with E-state index in [1.54, 1.807) is 18.7 Å². The van der Waals surface area contributed by atoms with Gasteiger partial charge >= 0.3 is 0 Å². The minimum Gasteiger partial charge on any atom is -0.382 e. The Bertz CT molecular complexity index is 4040. The van der Waals surface area contributed by atoms with Gasteiger partial charge in [-0.2, -0.15) is 10.2 Å². The smallest absolute Gasteiger partial charge is 0.116 e. The normalized spacial score (nSPS) is 11.5. The molecule has 0 aliphatic carbocycles. The van der Waals surface area contributed by atoms with Gasteiger partial charge in [0.1, 0.15) is 11.8 Å². The van der Waals surface area contributed by atoms with Crippen LogP contribution in [0, 0.1) is 0 Å². The highest BCUT2D eigenvalue weighted by Gasteiger charge is 2.15. The van der Waals surface area contributed by atoms with E-state index in [9.17, 15) is 0 Å². The van der Waals surface area contributed by atoms with Crippen LogP contribution in [0.15, 0.2) is 151 Å². The van der Waals surface area contributed by atoms with Crippen molar-refractivity contribution in [1.82, 2.24) is 35.1 Å². The third-order valence-corrected chi connectivity index (χ3v) is 18.3. The van der Waals surface area contributed by atoms with Crippen molar-refractivity contribution in [1.29, 1.82) is 0 Å². The fourth-order valence-electron chi connectivity index (χ4n) is 11.3. The molecule has 6 aromatic heterocycles. The van der Waals surface area contributed by atoms with Gasteiger partial charge in [0.15, 0.2) is 0 Å². The molecular formula is C85H115N13S2. The largest absolute Gasteiger partial charge is 0.382 e. The molecule has 12 rings (SSSR count). The molecule has 100 heavy (non-hydrogen) atoms. The van der Waals surface area contributed by atoms with Gasteiger partial charge in [0.05, 0.1) is 56.4 Å². The van der Waals surface area contributed by atoms with Gasteiger partial charge in [-0.1, -0.05) is 89.2 Å². The summed E-state index contributed by atoms with van der Waals surface area (Å²) in [5.74, 6) is 3.21. The Morgan fingerprint density at radius 3 is 1.24 bits per heavy atom. The molecule has 0 saturated carbocycles. The van der Waals surface area contributed by atoms with Gasteiger partial charge in [0.25, 0.3) is 0 Å². The minimum atomic E-state index is 0.391. The Balaban J connectivity index is 0.000000169. The first-order chi connectivity index (χ1) is 47.5. The predicted octanol–water partition coefficient (Wildman–Crippen LogP) is 24.6. The number of nitrogens with one attached hydrogen (secondary N) is 6. The first kappa shape index (κ1) is 78.8.